The van der Waals surface area contributed by atoms with E-state index >= 15 is 0 Å². The van der Waals surface area contributed by atoms with Crippen molar-refractivity contribution in [2.45, 2.75) is 64.2 Å². The van der Waals surface area contributed by atoms with Crippen LogP contribution in [-0.2, 0) is 24.1 Å². The molecule has 4 heteroatoms. The predicted molar refractivity (Wildman–Crippen MR) is 100.0 cm³/mol. The molecule has 0 amide bonds. The van der Waals surface area contributed by atoms with Crippen LogP contribution in [0.5, 0.6) is 0 Å². The zero-order chi connectivity index (χ0) is 17.2. The quantitative estimate of drug-likeness (QED) is 0.842. The summed E-state index contributed by atoms with van der Waals surface area (Å²) >= 11 is 0. The van der Waals surface area contributed by atoms with Gasteiger partial charge in [-0.2, -0.15) is 0 Å². The van der Waals surface area contributed by atoms with Gasteiger partial charge in [-0.3, -0.25) is 0 Å². The van der Waals surface area contributed by atoms with Gasteiger partial charge in [-0.05, 0) is 63.1 Å². The number of benzene rings is 1. The highest BCUT2D eigenvalue weighted by molar-refractivity contribution is 5.86. The normalized spacial score (nSPS) is 21.6. The Bertz CT molecular complexity index is 731. The molecule has 1 saturated heterocycles. The fraction of sp³-hybridized carbons (Fsp3) is 0.619. The van der Waals surface area contributed by atoms with Crippen molar-refractivity contribution in [1.82, 2.24) is 4.57 Å². The topological polar surface area (TPSA) is 51.0 Å². The highest BCUT2D eigenvalue weighted by Crippen LogP contribution is 2.32. The van der Waals surface area contributed by atoms with E-state index in [1.807, 2.05) is 0 Å². The van der Waals surface area contributed by atoms with Crippen molar-refractivity contribution in [2.24, 2.45) is 0 Å². The molecule has 4 rings (SSSR count). The number of aromatic nitrogens is 1. The van der Waals surface area contributed by atoms with E-state index < -0.39 is 0 Å². The van der Waals surface area contributed by atoms with Crippen molar-refractivity contribution < 1.29 is 15.2 Å². The molecule has 3 N–H and O–H groups in total. The average molecular weight is 343 g/mol. The first-order valence-corrected chi connectivity index (χ1v) is 9.94. The summed E-state index contributed by atoms with van der Waals surface area (Å²) in [6, 6.07) is 6.76. The molecule has 1 aromatic carbocycles. The summed E-state index contributed by atoms with van der Waals surface area (Å²) in [5.74, 6) is 0. The standard InChI is InChI=1S/C21H30N2O2/c1-15-8-9-21-19(11-15)18-6-2-3-7-20(18)23(21)14-16(24)12-22-13-17-5-4-10-25-17/h8-9,11,16-17,22,24H,2-7,10,12-14H2,1H3/p+1/t16-,17-/m1/s1. The monoisotopic (exact) mass is 343 g/mol. The maximum Gasteiger partial charge on any atom is 0.121 e. The van der Waals surface area contributed by atoms with Crippen LogP contribution in [0.1, 0.15) is 42.5 Å². The number of aliphatic hydroxyl groups is 1. The molecular formula is C21H31N2O2+. The zero-order valence-electron chi connectivity index (χ0n) is 15.3. The van der Waals surface area contributed by atoms with Crippen molar-refractivity contribution in [3.63, 3.8) is 0 Å². The van der Waals surface area contributed by atoms with Crippen LogP contribution in [0.25, 0.3) is 10.9 Å². The minimum atomic E-state index is -0.315. The molecule has 2 aliphatic rings. The SMILES string of the molecule is Cc1ccc2c(c1)c1c(n2C[C@H](O)C[NH2+]C[C@H]2CCCO2)CCCC1. The Kier molecular flexibility index (Phi) is 5.11. The minimum Gasteiger partial charge on any atom is -0.385 e. The Balaban J connectivity index is 1.48. The van der Waals surface area contributed by atoms with Crippen molar-refractivity contribution in [1.29, 1.82) is 0 Å². The van der Waals surface area contributed by atoms with Crippen LogP contribution in [0.3, 0.4) is 0 Å². The van der Waals surface area contributed by atoms with Crippen LogP contribution in [0.4, 0.5) is 0 Å². The predicted octanol–water partition coefficient (Wildman–Crippen LogP) is 1.93. The van der Waals surface area contributed by atoms with Gasteiger partial charge in [0.25, 0.3) is 0 Å². The molecule has 2 heterocycles. The highest BCUT2D eigenvalue weighted by atomic mass is 16.5. The first-order chi connectivity index (χ1) is 12.2. The Morgan fingerprint density at radius 3 is 3.00 bits per heavy atom. The first-order valence-electron chi connectivity index (χ1n) is 9.94. The number of hydrogen-bond acceptors (Lipinski definition) is 2. The molecule has 0 radical (unpaired) electrons. The number of fused-ring (bicyclic) bond motifs is 3. The van der Waals surface area contributed by atoms with Gasteiger partial charge in [0, 0.05) is 23.2 Å². The van der Waals surface area contributed by atoms with Gasteiger partial charge in [0.2, 0.25) is 0 Å². The number of nitrogens with zero attached hydrogens (tertiary/aromatic N) is 1. The molecule has 1 aliphatic heterocycles. The number of hydrogen-bond donors (Lipinski definition) is 2. The summed E-state index contributed by atoms with van der Waals surface area (Å²) in [7, 11) is 0. The van der Waals surface area contributed by atoms with E-state index in [9.17, 15) is 5.11 Å². The molecule has 1 aromatic heterocycles. The van der Waals surface area contributed by atoms with Gasteiger partial charge in [-0.1, -0.05) is 11.6 Å². The van der Waals surface area contributed by atoms with Gasteiger partial charge in [-0.25, -0.2) is 0 Å². The van der Waals surface area contributed by atoms with Gasteiger partial charge >= 0.3 is 0 Å². The van der Waals surface area contributed by atoms with Crippen LogP contribution in [0.15, 0.2) is 18.2 Å². The largest absolute Gasteiger partial charge is 0.385 e. The van der Waals surface area contributed by atoms with Gasteiger partial charge in [-0.15, -0.1) is 0 Å². The van der Waals surface area contributed by atoms with Crippen LogP contribution in [0, 0.1) is 6.92 Å². The average Bonchev–Trinajstić information content (AvgIpc) is 3.22. The molecule has 4 nitrogen and oxygen atoms in total. The molecule has 2 atom stereocenters. The van der Waals surface area contributed by atoms with Gasteiger partial charge in [0.1, 0.15) is 25.3 Å². The third-order valence-corrected chi connectivity index (χ3v) is 5.82. The second-order valence-corrected chi connectivity index (χ2v) is 7.81. The molecule has 1 aliphatic carbocycles. The van der Waals surface area contributed by atoms with Crippen molar-refractivity contribution in [3.8, 4) is 0 Å². The maximum atomic E-state index is 10.6. The minimum absolute atomic E-state index is 0.315. The Morgan fingerprint density at radius 1 is 1.28 bits per heavy atom. The molecule has 2 aromatic rings. The number of quaternary nitrogens is 1. The number of nitrogens with two attached hydrogens (primary N) is 1. The summed E-state index contributed by atoms with van der Waals surface area (Å²) in [4.78, 5) is 0. The Hall–Kier alpha value is -1.36. The number of aliphatic hydroxyl groups excluding tert-OH is 1. The molecule has 136 valence electrons. The fourth-order valence-electron chi connectivity index (χ4n) is 4.55. The molecule has 1 fully saturated rings. The lowest BCUT2D eigenvalue weighted by Gasteiger charge is -2.18. The molecule has 25 heavy (non-hydrogen) atoms. The van der Waals surface area contributed by atoms with E-state index in [1.165, 1.54) is 59.8 Å². The zero-order valence-corrected chi connectivity index (χ0v) is 15.3. The van der Waals surface area contributed by atoms with E-state index in [2.05, 4.69) is 35.0 Å². The third-order valence-electron chi connectivity index (χ3n) is 5.82. The number of aryl methyl sites for hydroxylation is 2. The van der Waals surface area contributed by atoms with Gasteiger partial charge < -0.3 is 19.7 Å². The molecule has 0 spiro atoms. The summed E-state index contributed by atoms with van der Waals surface area (Å²) in [5.41, 5.74) is 5.62. The third kappa shape index (κ3) is 3.62. The number of ether oxygens (including phenoxy) is 1. The lowest BCUT2D eigenvalue weighted by atomic mass is 9.95. The van der Waals surface area contributed by atoms with Gasteiger partial charge in [0.15, 0.2) is 0 Å². The second kappa shape index (κ2) is 7.48. The van der Waals surface area contributed by atoms with Crippen molar-refractivity contribution in [2.75, 3.05) is 19.7 Å². The van der Waals surface area contributed by atoms with Crippen LogP contribution in [0.2, 0.25) is 0 Å². The second-order valence-electron chi connectivity index (χ2n) is 7.81. The smallest absolute Gasteiger partial charge is 0.121 e. The summed E-state index contributed by atoms with van der Waals surface area (Å²) in [6.45, 7) is 5.50. The molecule has 0 unspecified atom stereocenters. The molecule has 0 saturated carbocycles. The first kappa shape index (κ1) is 17.1. The Morgan fingerprint density at radius 2 is 2.16 bits per heavy atom. The molecular weight excluding hydrogens is 312 g/mol. The summed E-state index contributed by atoms with van der Waals surface area (Å²) in [5, 5.41) is 14.3. The lowest BCUT2D eigenvalue weighted by molar-refractivity contribution is -0.666. The van der Waals surface area contributed by atoms with E-state index in [4.69, 9.17) is 4.74 Å². The maximum absolute atomic E-state index is 10.6. The highest BCUT2D eigenvalue weighted by Gasteiger charge is 2.22. The van der Waals surface area contributed by atoms with E-state index in [0.717, 1.165) is 26.1 Å². The number of rotatable bonds is 6. The Labute approximate surface area is 150 Å². The van der Waals surface area contributed by atoms with Crippen molar-refractivity contribution in [3.05, 3.63) is 35.0 Å². The van der Waals surface area contributed by atoms with Crippen molar-refractivity contribution >= 4 is 10.9 Å². The summed E-state index contributed by atoms with van der Waals surface area (Å²) < 4.78 is 8.06. The molecule has 0 bridgehead atoms. The van der Waals surface area contributed by atoms with E-state index in [-0.39, 0.29) is 6.10 Å². The van der Waals surface area contributed by atoms with Crippen LogP contribution >= 0.6 is 0 Å². The fourth-order valence-corrected chi connectivity index (χ4v) is 4.55. The van der Waals surface area contributed by atoms with E-state index in [0.29, 0.717) is 12.6 Å². The van der Waals surface area contributed by atoms with Gasteiger partial charge in [0.05, 0.1) is 6.54 Å². The summed E-state index contributed by atoms with van der Waals surface area (Å²) in [6.07, 6.45) is 7.31. The van der Waals surface area contributed by atoms with Crippen LogP contribution in [-0.4, -0.2) is 41.6 Å². The lowest BCUT2D eigenvalue weighted by Crippen LogP contribution is -2.88. The van der Waals surface area contributed by atoms with Crippen LogP contribution < -0.4 is 5.32 Å². The van der Waals surface area contributed by atoms with E-state index in [1.54, 1.807) is 0 Å².